The van der Waals surface area contributed by atoms with Crippen LogP contribution in [0, 0.1) is 11.8 Å². The lowest BCUT2D eigenvalue weighted by molar-refractivity contribution is -0.111. The zero-order chi connectivity index (χ0) is 7.28. The van der Waals surface area contributed by atoms with Gasteiger partial charge in [0.15, 0.2) is 0 Å². The van der Waals surface area contributed by atoms with Gasteiger partial charge >= 0.3 is 0 Å². The van der Waals surface area contributed by atoms with Gasteiger partial charge in [-0.2, -0.15) is 0 Å². The van der Waals surface area contributed by atoms with Crippen LogP contribution in [0.5, 0.6) is 0 Å². The molecule has 0 amide bonds. The molecule has 2 atom stereocenters. The molecule has 0 spiro atoms. The number of hydrogen-bond donors (Lipinski definition) is 0. The van der Waals surface area contributed by atoms with E-state index in [0.717, 1.165) is 12.7 Å². The largest absolute Gasteiger partial charge is 0.303 e. The van der Waals surface area contributed by atoms with Gasteiger partial charge in [-0.3, -0.25) is 0 Å². The van der Waals surface area contributed by atoms with E-state index in [1.165, 1.54) is 6.42 Å². The van der Waals surface area contributed by atoms with E-state index in [-0.39, 0.29) is 5.92 Å². The Morgan fingerprint density at radius 3 is 2.33 bits per heavy atom. The second-order valence-corrected chi connectivity index (χ2v) is 2.86. The molecule has 1 nitrogen and oxygen atoms in total. The molecular weight excluding hydrogens is 112 g/mol. The van der Waals surface area contributed by atoms with Crippen LogP contribution in [0.15, 0.2) is 0 Å². The second-order valence-electron chi connectivity index (χ2n) is 2.86. The Morgan fingerprint density at radius 1 is 1.44 bits per heavy atom. The van der Waals surface area contributed by atoms with Crippen molar-refractivity contribution in [3.63, 3.8) is 0 Å². The Labute approximate surface area is 57.5 Å². The van der Waals surface area contributed by atoms with Crippen molar-refractivity contribution in [3.8, 4) is 0 Å². The fourth-order valence-electron chi connectivity index (χ4n) is 0.857. The molecule has 0 aromatic carbocycles. The molecule has 0 rings (SSSR count). The summed E-state index contributed by atoms with van der Waals surface area (Å²) in [6.07, 6.45) is 3.25. The molecule has 0 aliphatic heterocycles. The minimum absolute atomic E-state index is 0.250. The van der Waals surface area contributed by atoms with Gasteiger partial charge < -0.3 is 4.79 Å². The molecule has 0 saturated carbocycles. The summed E-state index contributed by atoms with van der Waals surface area (Å²) in [5.74, 6) is 0.949. The Bertz CT molecular complexity index is 78.6. The quantitative estimate of drug-likeness (QED) is 0.531. The third-order valence-corrected chi connectivity index (χ3v) is 1.70. The molecule has 0 fully saturated rings. The van der Waals surface area contributed by atoms with Gasteiger partial charge in [-0.1, -0.05) is 27.2 Å². The average molecular weight is 128 g/mol. The van der Waals surface area contributed by atoms with Crippen molar-refractivity contribution in [2.45, 2.75) is 33.6 Å². The average Bonchev–Trinajstić information content (AvgIpc) is 1.87. The maximum Gasteiger partial charge on any atom is 0.122 e. The first kappa shape index (κ1) is 8.67. The summed E-state index contributed by atoms with van der Waals surface area (Å²) in [6, 6.07) is 0. The van der Waals surface area contributed by atoms with E-state index in [2.05, 4.69) is 13.8 Å². The summed E-state index contributed by atoms with van der Waals surface area (Å²) in [4.78, 5) is 10.2. The summed E-state index contributed by atoms with van der Waals surface area (Å²) >= 11 is 0. The maximum atomic E-state index is 10.2. The fourth-order valence-corrected chi connectivity index (χ4v) is 0.857. The fraction of sp³-hybridized carbons (Fsp3) is 0.875. The van der Waals surface area contributed by atoms with Crippen molar-refractivity contribution in [2.75, 3.05) is 0 Å². The number of carbonyl (C=O) groups excluding carboxylic acids is 1. The van der Waals surface area contributed by atoms with Crippen LogP contribution < -0.4 is 0 Å². The molecule has 0 aliphatic rings. The highest BCUT2D eigenvalue weighted by Gasteiger charge is 2.04. The Kier molecular flexibility index (Phi) is 4.37. The smallest absolute Gasteiger partial charge is 0.122 e. The van der Waals surface area contributed by atoms with Crippen molar-refractivity contribution >= 4 is 6.29 Å². The predicted octanol–water partition coefficient (Wildman–Crippen LogP) is 2.26. The lowest BCUT2D eigenvalue weighted by atomic mass is 9.97. The zero-order valence-corrected chi connectivity index (χ0v) is 6.55. The lowest BCUT2D eigenvalue weighted by Crippen LogP contribution is -2.02. The summed E-state index contributed by atoms with van der Waals surface area (Å²) in [5, 5.41) is 0. The highest BCUT2D eigenvalue weighted by Crippen LogP contribution is 2.12. The van der Waals surface area contributed by atoms with E-state index < -0.39 is 0 Å². The SMILES string of the molecule is CC[C@@H](C)C[C@H](C)C=O. The molecule has 0 unspecified atom stereocenters. The number of rotatable bonds is 4. The Balaban J connectivity index is 3.33. The van der Waals surface area contributed by atoms with E-state index in [4.69, 9.17) is 0 Å². The minimum Gasteiger partial charge on any atom is -0.303 e. The van der Waals surface area contributed by atoms with Gasteiger partial charge in [0.2, 0.25) is 0 Å². The summed E-state index contributed by atoms with van der Waals surface area (Å²) in [5.41, 5.74) is 0. The zero-order valence-electron chi connectivity index (χ0n) is 6.55. The lowest BCUT2D eigenvalue weighted by Gasteiger charge is -2.08. The summed E-state index contributed by atoms with van der Waals surface area (Å²) < 4.78 is 0. The van der Waals surface area contributed by atoms with Gasteiger partial charge in [0, 0.05) is 5.92 Å². The number of carbonyl (C=O) groups is 1. The van der Waals surface area contributed by atoms with E-state index in [0.29, 0.717) is 5.92 Å². The molecule has 0 aliphatic carbocycles. The molecule has 54 valence electrons. The second kappa shape index (κ2) is 4.54. The number of hydrogen-bond acceptors (Lipinski definition) is 1. The monoisotopic (exact) mass is 128 g/mol. The summed E-state index contributed by atoms with van der Waals surface area (Å²) in [7, 11) is 0. The standard InChI is InChI=1S/C8H16O/c1-4-7(2)5-8(3)6-9/h6-8H,4-5H2,1-3H3/t7-,8+/m1/s1. The van der Waals surface area contributed by atoms with E-state index in [1.54, 1.807) is 0 Å². The van der Waals surface area contributed by atoms with Crippen LogP contribution in [0.1, 0.15) is 33.6 Å². The normalized spacial score (nSPS) is 16.8. The molecule has 0 heterocycles. The first-order chi connectivity index (χ1) is 4.20. The first-order valence-electron chi connectivity index (χ1n) is 3.66. The van der Waals surface area contributed by atoms with Gasteiger partial charge in [-0.05, 0) is 12.3 Å². The first-order valence-corrected chi connectivity index (χ1v) is 3.66. The van der Waals surface area contributed by atoms with Crippen LogP contribution in [0.25, 0.3) is 0 Å². The van der Waals surface area contributed by atoms with Crippen molar-refractivity contribution in [1.29, 1.82) is 0 Å². The van der Waals surface area contributed by atoms with Crippen LogP contribution in [0.3, 0.4) is 0 Å². The summed E-state index contributed by atoms with van der Waals surface area (Å²) in [6.45, 7) is 6.31. The highest BCUT2D eigenvalue weighted by molar-refractivity contribution is 5.52. The number of aldehydes is 1. The highest BCUT2D eigenvalue weighted by atomic mass is 16.1. The molecule has 0 bridgehead atoms. The van der Waals surface area contributed by atoms with Crippen molar-refractivity contribution in [1.82, 2.24) is 0 Å². The van der Waals surface area contributed by atoms with Crippen molar-refractivity contribution < 1.29 is 4.79 Å². The molecule has 9 heavy (non-hydrogen) atoms. The van der Waals surface area contributed by atoms with Gasteiger partial charge in [-0.25, -0.2) is 0 Å². The van der Waals surface area contributed by atoms with Gasteiger partial charge in [0.05, 0.1) is 0 Å². The predicted molar refractivity (Wildman–Crippen MR) is 39.3 cm³/mol. The molecule has 0 saturated heterocycles. The molecular formula is C8H16O. The van der Waals surface area contributed by atoms with Crippen LogP contribution in [0.4, 0.5) is 0 Å². The minimum atomic E-state index is 0.250. The molecule has 0 aromatic heterocycles. The molecule has 0 N–H and O–H groups in total. The maximum absolute atomic E-state index is 10.2. The van der Waals surface area contributed by atoms with E-state index >= 15 is 0 Å². The van der Waals surface area contributed by atoms with E-state index in [1.807, 2.05) is 6.92 Å². The van der Waals surface area contributed by atoms with Crippen LogP contribution in [-0.4, -0.2) is 6.29 Å². The third-order valence-electron chi connectivity index (χ3n) is 1.70. The van der Waals surface area contributed by atoms with Gasteiger partial charge in [-0.15, -0.1) is 0 Å². The van der Waals surface area contributed by atoms with Crippen LogP contribution in [-0.2, 0) is 4.79 Å². The van der Waals surface area contributed by atoms with Gasteiger partial charge in [0.1, 0.15) is 6.29 Å². The van der Waals surface area contributed by atoms with Crippen molar-refractivity contribution in [3.05, 3.63) is 0 Å². The molecule has 1 heteroatoms. The third kappa shape index (κ3) is 4.19. The van der Waals surface area contributed by atoms with Crippen LogP contribution >= 0.6 is 0 Å². The Hall–Kier alpha value is -0.330. The molecule has 0 radical (unpaired) electrons. The Morgan fingerprint density at radius 2 is 2.00 bits per heavy atom. The molecule has 0 aromatic rings. The van der Waals surface area contributed by atoms with Crippen molar-refractivity contribution in [2.24, 2.45) is 11.8 Å². The van der Waals surface area contributed by atoms with Gasteiger partial charge in [0.25, 0.3) is 0 Å². The topological polar surface area (TPSA) is 17.1 Å². The van der Waals surface area contributed by atoms with Crippen LogP contribution in [0.2, 0.25) is 0 Å². The van der Waals surface area contributed by atoms with E-state index in [9.17, 15) is 4.79 Å².